The molecule has 6 nitrogen and oxygen atoms in total. The minimum Gasteiger partial charge on any atom is -0.481 e. The number of rotatable bonds is 7. The molecule has 2 amide bonds. The molecule has 0 aromatic heterocycles. The molecule has 1 fully saturated rings. The summed E-state index contributed by atoms with van der Waals surface area (Å²) < 4.78 is 5.32. The second-order valence-electron chi connectivity index (χ2n) is 4.99. The van der Waals surface area contributed by atoms with Gasteiger partial charge in [-0.15, -0.1) is 0 Å². The number of aliphatic carboxylic acids is 1. The fourth-order valence-corrected chi connectivity index (χ4v) is 2.39. The lowest BCUT2D eigenvalue weighted by Gasteiger charge is -2.27. The molecule has 0 unspecified atom stereocenters. The number of carboxylic acids is 1. The molecule has 0 spiro atoms. The molecule has 1 aliphatic carbocycles. The lowest BCUT2D eigenvalue weighted by Crippen LogP contribution is -2.37. The Balaban J connectivity index is 2.01. The van der Waals surface area contributed by atoms with Crippen LogP contribution in [0.3, 0.4) is 0 Å². The SMILES string of the molecule is COC1CCC(CCNC(=O)NCCC(=O)O)CC1. The van der Waals surface area contributed by atoms with Crippen LogP contribution in [0.25, 0.3) is 0 Å². The molecule has 0 aromatic carbocycles. The molecular weight excluding hydrogens is 248 g/mol. The molecule has 6 heteroatoms. The topological polar surface area (TPSA) is 87.7 Å². The molecule has 0 heterocycles. The van der Waals surface area contributed by atoms with Crippen LogP contribution in [0.2, 0.25) is 0 Å². The lowest BCUT2D eigenvalue weighted by atomic mass is 9.85. The Labute approximate surface area is 113 Å². The first kappa shape index (κ1) is 15.8. The standard InChI is InChI=1S/C13H24N2O4/c1-19-11-4-2-10(3-5-11)6-8-14-13(18)15-9-7-12(16)17/h10-11H,2-9H2,1H3,(H,16,17)(H2,14,15,18). The second kappa shape index (κ2) is 8.74. The first-order chi connectivity index (χ1) is 9.11. The molecule has 19 heavy (non-hydrogen) atoms. The van der Waals surface area contributed by atoms with Gasteiger partial charge in [0.05, 0.1) is 12.5 Å². The number of ether oxygens (including phenoxy) is 1. The fraction of sp³-hybridized carbons (Fsp3) is 0.846. The van der Waals surface area contributed by atoms with Crippen molar-refractivity contribution < 1.29 is 19.4 Å². The minimum absolute atomic E-state index is 0.0472. The average Bonchev–Trinajstić information content (AvgIpc) is 2.39. The third-order valence-corrected chi connectivity index (χ3v) is 3.59. The van der Waals surface area contributed by atoms with Gasteiger partial charge in [-0.25, -0.2) is 4.79 Å². The van der Waals surface area contributed by atoms with E-state index in [-0.39, 0.29) is 19.0 Å². The highest BCUT2D eigenvalue weighted by Gasteiger charge is 2.20. The summed E-state index contributed by atoms with van der Waals surface area (Å²) in [5, 5.41) is 13.7. The minimum atomic E-state index is -0.907. The van der Waals surface area contributed by atoms with Crippen molar-refractivity contribution in [3.8, 4) is 0 Å². The molecule has 0 bridgehead atoms. The quantitative estimate of drug-likeness (QED) is 0.653. The first-order valence-electron chi connectivity index (χ1n) is 6.88. The van der Waals surface area contributed by atoms with Crippen molar-refractivity contribution in [1.29, 1.82) is 0 Å². The van der Waals surface area contributed by atoms with Gasteiger partial charge in [0, 0.05) is 20.2 Å². The molecule has 0 radical (unpaired) electrons. The largest absolute Gasteiger partial charge is 0.481 e. The summed E-state index contributed by atoms with van der Waals surface area (Å²) >= 11 is 0. The van der Waals surface area contributed by atoms with Crippen LogP contribution in [0, 0.1) is 5.92 Å². The Hall–Kier alpha value is -1.30. The number of amides is 2. The van der Waals surface area contributed by atoms with Gasteiger partial charge in [0.2, 0.25) is 0 Å². The predicted molar refractivity (Wildman–Crippen MR) is 71.0 cm³/mol. The van der Waals surface area contributed by atoms with Crippen LogP contribution < -0.4 is 10.6 Å². The number of carbonyl (C=O) groups excluding carboxylic acids is 1. The van der Waals surface area contributed by atoms with E-state index in [0.717, 1.165) is 32.1 Å². The maximum atomic E-state index is 11.3. The molecule has 3 N–H and O–H groups in total. The van der Waals surface area contributed by atoms with Crippen molar-refractivity contribution in [3.05, 3.63) is 0 Å². The zero-order valence-electron chi connectivity index (χ0n) is 11.5. The Kier molecular flexibility index (Phi) is 7.25. The van der Waals surface area contributed by atoms with Gasteiger partial charge in [-0.2, -0.15) is 0 Å². The maximum Gasteiger partial charge on any atom is 0.314 e. The summed E-state index contributed by atoms with van der Waals surface area (Å²) in [5.74, 6) is -0.249. The Bertz CT molecular complexity index is 288. The smallest absolute Gasteiger partial charge is 0.314 e. The normalized spacial score (nSPS) is 22.8. The zero-order valence-corrected chi connectivity index (χ0v) is 11.5. The van der Waals surface area contributed by atoms with E-state index in [2.05, 4.69) is 10.6 Å². The number of nitrogens with one attached hydrogen (secondary N) is 2. The zero-order chi connectivity index (χ0) is 14.1. The van der Waals surface area contributed by atoms with Gasteiger partial charge in [-0.1, -0.05) is 0 Å². The highest BCUT2D eigenvalue weighted by Crippen LogP contribution is 2.27. The number of carboxylic acid groups (broad SMARTS) is 1. The highest BCUT2D eigenvalue weighted by atomic mass is 16.5. The number of carbonyl (C=O) groups is 2. The molecule has 1 saturated carbocycles. The van der Waals surface area contributed by atoms with Gasteiger partial charge in [0.25, 0.3) is 0 Å². The molecule has 0 atom stereocenters. The van der Waals surface area contributed by atoms with E-state index < -0.39 is 5.97 Å². The van der Waals surface area contributed by atoms with Crippen LogP contribution in [0.4, 0.5) is 4.79 Å². The predicted octanol–water partition coefficient (Wildman–Crippen LogP) is 1.36. The summed E-state index contributed by atoms with van der Waals surface area (Å²) in [6.07, 6.45) is 5.85. The van der Waals surface area contributed by atoms with Crippen LogP contribution >= 0.6 is 0 Å². The molecule has 1 aliphatic rings. The average molecular weight is 272 g/mol. The van der Waals surface area contributed by atoms with Gasteiger partial charge >= 0.3 is 12.0 Å². The van der Waals surface area contributed by atoms with Crippen LogP contribution in [0.15, 0.2) is 0 Å². The van der Waals surface area contributed by atoms with Crippen LogP contribution in [0.5, 0.6) is 0 Å². The summed E-state index contributed by atoms with van der Waals surface area (Å²) in [6, 6.07) is -0.285. The van der Waals surface area contributed by atoms with Crippen molar-refractivity contribution in [1.82, 2.24) is 10.6 Å². The number of urea groups is 1. The summed E-state index contributed by atoms with van der Waals surface area (Å²) in [7, 11) is 1.76. The molecule has 0 aliphatic heterocycles. The van der Waals surface area contributed by atoms with Crippen LogP contribution in [-0.2, 0) is 9.53 Å². The summed E-state index contributed by atoms with van der Waals surface area (Å²) in [6.45, 7) is 0.807. The van der Waals surface area contributed by atoms with Crippen molar-refractivity contribution in [3.63, 3.8) is 0 Å². The van der Waals surface area contributed by atoms with Gasteiger partial charge in [0.1, 0.15) is 0 Å². The van der Waals surface area contributed by atoms with E-state index in [1.807, 2.05) is 0 Å². The van der Waals surface area contributed by atoms with Gasteiger partial charge < -0.3 is 20.5 Å². The van der Waals surface area contributed by atoms with Gasteiger partial charge in [-0.05, 0) is 38.0 Å². The third-order valence-electron chi connectivity index (χ3n) is 3.59. The molecule has 1 rings (SSSR count). The van der Waals surface area contributed by atoms with E-state index in [9.17, 15) is 9.59 Å². The van der Waals surface area contributed by atoms with E-state index in [4.69, 9.17) is 9.84 Å². The Morgan fingerprint density at radius 3 is 2.37 bits per heavy atom. The van der Waals surface area contributed by atoms with Gasteiger partial charge in [0.15, 0.2) is 0 Å². The van der Waals surface area contributed by atoms with Crippen LogP contribution in [0.1, 0.15) is 38.5 Å². The number of hydrogen-bond acceptors (Lipinski definition) is 3. The number of hydrogen-bond donors (Lipinski definition) is 3. The van der Waals surface area contributed by atoms with Crippen molar-refractivity contribution >= 4 is 12.0 Å². The van der Waals surface area contributed by atoms with Crippen LogP contribution in [-0.4, -0.2) is 43.4 Å². The summed E-state index contributed by atoms with van der Waals surface area (Å²) in [5.41, 5.74) is 0. The van der Waals surface area contributed by atoms with E-state index >= 15 is 0 Å². The van der Waals surface area contributed by atoms with Crippen molar-refractivity contribution in [2.75, 3.05) is 20.2 Å². The fourth-order valence-electron chi connectivity index (χ4n) is 2.39. The first-order valence-corrected chi connectivity index (χ1v) is 6.88. The van der Waals surface area contributed by atoms with E-state index in [1.54, 1.807) is 7.11 Å². The molecule has 0 aromatic rings. The monoisotopic (exact) mass is 272 g/mol. The molecule has 0 saturated heterocycles. The molecule has 110 valence electrons. The lowest BCUT2D eigenvalue weighted by molar-refractivity contribution is -0.136. The molecular formula is C13H24N2O4. The highest BCUT2D eigenvalue weighted by molar-refractivity contribution is 5.74. The maximum absolute atomic E-state index is 11.3. The Morgan fingerprint density at radius 1 is 1.16 bits per heavy atom. The Morgan fingerprint density at radius 2 is 1.79 bits per heavy atom. The summed E-state index contributed by atoms with van der Waals surface area (Å²) in [4.78, 5) is 21.6. The van der Waals surface area contributed by atoms with Gasteiger partial charge in [-0.3, -0.25) is 4.79 Å². The second-order valence-corrected chi connectivity index (χ2v) is 4.99. The van der Waals surface area contributed by atoms with Crippen molar-refractivity contribution in [2.24, 2.45) is 5.92 Å². The third kappa shape index (κ3) is 7.00. The number of methoxy groups -OCH3 is 1. The van der Waals surface area contributed by atoms with E-state index in [1.165, 1.54) is 0 Å². The van der Waals surface area contributed by atoms with E-state index in [0.29, 0.717) is 18.6 Å². The van der Waals surface area contributed by atoms with Crippen molar-refractivity contribution in [2.45, 2.75) is 44.6 Å².